The van der Waals surface area contributed by atoms with E-state index in [1.165, 1.54) is 12.0 Å². The molecule has 12 nitrogen and oxygen atoms in total. The Bertz CT molecular complexity index is 1520. The molecule has 1 aliphatic carbocycles. The molecule has 2 heterocycles. The fourth-order valence-corrected chi connectivity index (χ4v) is 6.25. The summed E-state index contributed by atoms with van der Waals surface area (Å²) < 4.78 is 22.7. The van der Waals surface area contributed by atoms with Gasteiger partial charge in [0, 0.05) is 17.9 Å². The minimum absolute atomic E-state index is 0.0241. The lowest BCUT2D eigenvalue weighted by Crippen LogP contribution is -2.59. The first kappa shape index (κ1) is 36.0. The van der Waals surface area contributed by atoms with Crippen LogP contribution in [0.3, 0.4) is 0 Å². The number of para-hydroxylation sites is 1. The molecule has 5 unspecified atom stereocenters. The predicted octanol–water partition coefficient (Wildman–Crippen LogP) is 5.03. The number of nitrogens with zero attached hydrogens (tertiary/aromatic N) is 2. The molecule has 0 radical (unpaired) electrons. The molecule has 2 N–H and O–H groups in total. The second-order valence-electron chi connectivity index (χ2n) is 14.2. The molecule has 4 rings (SSSR count). The number of benzene rings is 1. The van der Waals surface area contributed by atoms with E-state index in [1.54, 1.807) is 39.0 Å². The molecule has 1 saturated carbocycles. The predicted molar refractivity (Wildman–Crippen MR) is 176 cm³/mol. The van der Waals surface area contributed by atoms with Gasteiger partial charge in [0.05, 0.1) is 30.8 Å². The topological polar surface area (TPSA) is 145 Å². The number of hydrogen-bond acceptors (Lipinski definition) is 9. The van der Waals surface area contributed by atoms with E-state index in [-0.39, 0.29) is 18.9 Å². The number of pyridine rings is 1. The van der Waals surface area contributed by atoms with Crippen molar-refractivity contribution < 1.29 is 38.1 Å². The van der Waals surface area contributed by atoms with Crippen molar-refractivity contribution in [2.75, 3.05) is 20.3 Å². The van der Waals surface area contributed by atoms with Crippen molar-refractivity contribution in [3.63, 3.8) is 0 Å². The molecule has 1 saturated heterocycles. The summed E-state index contributed by atoms with van der Waals surface area (Å²) in [4.78, 5) is 60.1. The molecule has 1 aromatic heterocycles. The normalized spacial score (nSPS) is 23.1. The Morgan fingerprint density at radius 3 is 2.40 bits per heavy atom. The number of likely N-dealkylation sites (tertiary alicyclic amines) is 1. The first-order valence-corrected chi connectivity index (χ1v) is 16.4. The van der Waals surface area contributed by atoms with Gasteiger partial charge >= 0.3 is 12.1 Å². The Hall–Kier alpha value is -3.80. The number of halogens is 1. The summed E-state index contributed by atoms with van der Waals surface area (Å²) in [5, 5.41) is 6.71. The smallest absolute Gasteiger partial charge is 0.408 e. The fourth-order valence-electron chi connectivity index (χ4n) is 6.04. The van der Waals surface area contributed by atoms with Crippen molar-refractivity contribution in [3.8, 4) is 11.6 Å². The van der Waals surface area contributed by atoms with Crippen molar-refractivity contribution in [1.82, 2.24) is 20.5 Å². The van der Waals surface area contributed by atoms with Crippen LogP contribution in [0.4, 0.5) is 4.79 Å². The molecule has 13 heteroatoms. The first-order valence-electron chi connectivity index (χ1n) is 16.0. The molecular formula is C34H47ClN4O8. The number of esters is 1. The van der Waals surface area contributed by atoms with E-state index < -0.39 is 58.6 Å². The van der Waals surface area contributed by atoms with Crippen LogP contribution >= 0.6 is 11.6 Å². The molecule has 2 fully saturated rings. The summed E-state index contributed by atoms with van der Waals surface area (Å²) in [6.07, 6.45) is -0.178. The summed E-state index contributed by atoms with van der Waals surface area (Å²) in [7, 11) is 1.29. The summed E-state index contributed by atoms with van der Waals surface area (Å²) in [5.41, 5.74) is -2.21. The standard InChI is InChI=1S/C34H47ClN4O8/c1-10-19-17-34(19,30(42)44-9)38-28(40)23-15-20(46-24-16-25(45-11-2)36-26-21(24)13-12-14-22(26)35)18-39(23)29(41)27(32(3,4)5)37-31(43)47-33(6,7)8/h12-14,16,19-20,23,27H,10-11,15,17-18H2,1-9H3,(H,37,43)(H,38,40). The largest absolute Gasteiger partial charge is 0.488 e. The number of amides is 3. The monoisotopic (exact) mass is 674 g/mol. The van der Waals surface area contributed by atoms with Gasteiger partial charge in [-0.3, -0.25) is 9.59 Å². The lowest BCUT2D eigenvalue weighted by molar-refractivity contribution is -0.148. The maximum Gasteiger partial charge on any atom is 0.408 e. The van der Waals surface area contributed by atoms with Gasteiger partial charge < -0.3 is 34.5 Å². The molecule has 3 amide bonds. The van der Waals surface area contributed by atoms with Crippen LogP contribution in [0, 0.1) is 11.3 Å². The number of hydrogen-bond donors (Lipinski definition) is 2. The Balaban J connectivity index is 1.69. The van der Waals surface area contributed by atoms with Gasteiger partial charge in [0.2, 0.25) is 17.7 Å². The number of fused-ring (bicyclic) bond motifs is 1. The number of carbonyl (C=O) groups excluding carboxylic acids is 4. The zero-order valence-electron chi connectivity index (χ0n) is 28.7. The molecule has 0 spiro atoms. The highest BCUT2D eigenvalue weighted by Gasteiger charge is 2.62. The number of carbonyl (C=O) groups is 4. The van der Waals surface area contributed by atoms with Gasteiger partial charge in [0.25, 0.3) is 0 Å². The van der Waals surface area contributed by atoms with Crippen molar-refractivity contribution in [2.24, 2.45) is 11.3 Å². The van der Waals surface area contributed by atoms with Crippen LogP contribution < -0.4 is 20.1 Å². The van der Waals surface area contributed by atoms with Crippen molar-refractivity contribution in [1.29, 1.82) is 0 Å². The first-order chi connectivity index (χ1) is 21.9. The van der Waals surface area contributed by atoms with Crippen LogP contribution in [0.15, 0.2) is 24.3 Å². The summed E-state index contributed by atoms with van der Waals surface area (Å²) in [6.45, 7) is 14.8. The average Bonchev–Trinajstić information content (AvgIpc) is 3.53. The third kappa shape index (κ3) is 8.02. The van der Waals surface area contributed by atoms with Gasteiger partial charge in [-0.1, -0.05) is 51.8 Å². The van der Waals surface area contributed by atoms with Crippen LogP contribution in [0.5, 0.6) is 11.6 Å². The molecule has 1 aliphatic heterocycles. The number of rotatable bonds is 10. The summed E-state index contributed by atoms with van der Waals surface area (Å²) in [6, 6.07) is 4.92. The zero-order chi connectivity index (χ0) is 34.9. The number of aromatic nitrogens is 1. The average molecular weight is 675 g/mol. The highest BCUT2D eigenvalue weighted by molar-refractivity contribution is 6.35. The minimum Gasteiger partial charge on any atom is -0.488 e. The Morgan fingerprint density at radius 1 is 1.13 bits per heavy atom. The number of methoxy groups -OCH3 is 1. The number of nitrogens with one attached hydrogen (secondary N) is 2. The molecule has 258 valence electrons. The van der Waals surface area contributed by atoms with E-state index in [4.69, 9.17) is 30.5 Å². The maximum absolute atomic E-state index is 14.4. The van der Waals surface area contributed by atoms with E-state index in [1.807, 2.05) is 40.7 Å². The van der Waals surface area contributed by atoms with Gasteiger partial charge in [0.15, 0.2) is 0 Å². The molecular weight excluding hydrogens is 628 g/mol. The van der Waals surface area contributed by atoms with Crippen molar-refractivity contribution >= 4 is 46.4 Å². The molecule has 2 aromatic rings. The summed E-state index contributed by atoms with van der Waals surface area (Å²) in [5.74, 6) is -0.854. The SMILES string of the molecule is CCOc1cc(OC2CC(C(=O)NC3(C(=O)OC)CC3CC)N(C(=O)C(NC(=O)OC(C)(C)C)C(C)(C)C)C2)c2cccc(Cl)c2n1. The van der Waals surface area contributed by atoms with Crippen LogP contribution in [-0.2, 0) is 23.9 Å². The van der Waals surface area contributed by atoms with E-state index in [9.17, 15) is 19.2 Å². The second kappa shape index (κ2) is 13.7. The van der Waals surface area contributed by atoms with Crippen LogP contribution in [-0.4, -0.2) is 83.3 Å². The van der Waals surface area contributed by atoms with Gasteiger partial charge in [-0.25, -0.2) is 14.6 Å². The zero-order valence-corrected chi connectivity index (χ0v) is 29.4. The third-order valence-electron chi connectivity index (χ3n) is 8.43. The fraction of sp³-hybridized carbons (Fsp3) is 0.618. The minimum atomic E-state index is -1.16. The van der Waals surface area contributed by atoms with Crippen LogP contribution in [0.25, 0.3) is 10.9 Å². The van der Waals surface area contributed by atoms with E-state index in [0.717, 1.165) is 0 Å². The summed E-state index contributed by atoms with van der Waals surface area (Å²) >= 11 is 6.47. The lowest BCUT2D eigenvalue weighted by atomic mass is 9.85. The van der Waals surface area contributed by atoms with E-state index in [0.29, 0.717) is 47.0 Å². The molecule has 0 bridgehead atoms. The lowest BCUT2D eigenvalue weighted by Gasteiger charge is -2.36. The van der Waals surface area contributed by atoms with E-state index in [2.05, 4.69) is 15.6 Å². The van der Waals surface area contributed by atoms with Crippen LogP contribution in [0.1, 0.15) is 74.7 Å². The number of ether oxygens (including phenoxy) is 4. The highest BCUT2D eigenvalue weighted by Crippen LogP contribution is 2.47. The van der Waals surface area contributed by atoms with Gasteiger partial charge in [0.1, 0.15) is 35.1 Å². The Labute approximate surface area is 281 Å². The Kier molecular flexibility index (Phi) is 10.5. The third-order valence-corrected chi connectivity index (χ3v) is 8.74. The molecule has 47 heavy (non-hydrogen) atoms. The second-order valence-corrected chi connectivity index (χ2v) is 14.6. The van der Waals surface area contributed by atoms with Crippen LogP contribution in [0.2, 0.25) is 5.02 Å². The van der Waals surface area contributed by atoms with E-state index >= 15 is 0 Å². The van der Waals surface area contributed by atoms with Gasteiger partial charge in [-0.15, -0.1) is 0 Å². The van der Waals surface area contributed by atoms with Gasteiger partial charge in [-0.2, -0.15) is 0 Å². The quantitative estimate of drug-likeness (QED) is 0.331. The molecule has 2 aliphatic rings. The maximum atomic E-state index is 14.4. The molecule has 1 aromatic carbocycles. The Morgan fingerprint density at radius 2 is 1.83 bits per heavy atom. The van der Waals surface area contributed by atoms with Gasteiger partial charge in [-0.05, 0) is 57.6 Å². The van der Waals surface area contributed by atoms with Crippen molar-refractivity contribution in [3.05, 3.63) is 29.3 Å². The highest BCUT2D eigenvalue weighted by atomic mass is 35.5. The van der Waals surface area contributed by atoms with Crippen molar-refractivity contribution in [2.45, 2.75) is 104 Å². The molecule has 5 atom stereocenters. The number of alkyl carbamates (subject to hydrolysis) is 1.